The number of hydrogen-bond donors (Lipinski definition) is 1. The van der Waals surface area contributed by atoms with Gasteiger partial charge in [0.2, 0.25) is 5.91 Å². The zero-order valence-electron chi connectivity index (χ0n) is 12.6. The summed E-state index contributed by atoms with van der Waals surface area (Å²) in [5.41, 5.74) is 0.128. The summed E-state index contributed by atoms with van der Waals surface area (Å²) in [5, 5.41) is 2.65. The van der Waals surface area contributed by atoms with Gasteiger partial charge in [-0.15, -0.1) is 0 Å². The lowest BCUT2D eigenvalue weighted by molar-refractivity contribution is -0.157. The minimum absolute atomic E-state index is 0.128. The van der Waals surface area contributed by atoms with Gasteiger partial charge >= 0.3 is 6.18 Å². The van der Waals surface area contributed by atoms with Gasteiger partial charge in [-0.25, -0.2) is 0 Å². The second-order valence-corrected chi connectivity index (χ2v) is 5.79. The molecule has 1 aliphatic heterocycles. The van der Waals surface area contributed by atoms with Crippen LogP contribution < -0.4 is 5.32 Å². The summed E-state index contributed by atoms with van der Waals surface area (Å²) >= 11 is 0. The van der Waals surface area contributed by atoms with Crippen LogP contribution in [0.3, 0.4) is 0 Å². The Bertz CT molecular complexity index is 490. The van der Waals surface area contributed by atoms with E-state index in [1.54, 1.807) is 18.2 Å². The molecule has 2 rings (SSSR count). The van der Waals surface area contributed by atoms with Gasteiger partial charge in [0, 0.05) is 19.0 Å². The number of amides is 1. The zero-order chi connectivity index (χ0) is 16.2. The average molecular weight is 314 g/mol. The van der Waals surface area contributed by atoms with Gasteiger partial charge in [-0.1, -0.05) is 30.3 Å². The van der Waals surface area contributed by atoms with Crippen molar-refractivity contribution < 1.29 is 18.0 Å². The molecule has 122 valence electrons. The van der Waals surface area contributed by atoms with Crippen LogP contribution in [0.25, 0.3) is 0 Å². The van der Waals surface area contributed by atoms with E-state index in [9.17, 15) is 18.0 Å². The number of halogens is 3. The van der Waals surface area contributed by atoms with Crippen molar-refractivity contribution in [2.75, 3.05) is 20.1 Å². The Morgan fingerprint density at radius 2 is 2.05 bits per heavy atom. The van der Waals surface area contributed by atoms with Gasteiger partial charge in [-0.2, -0.15) is 13.2 Å². The summed E-state index contributed by atoms with van der Waals surface area (Å²) < 4.78 is 39.5. The van der Waals surface area contributed by atoms with Crippen molar-refractivity contribution >= 4 is 5.91 Å². The van der Waals surface area contributed by atoms with Crippen molar-refractivity contribution in [2.45, 2.75) is 37.4 Å². The largest absolute Gasteiger partial charge is 0.396 e. The number of carbonyl (C=O) groups excluding carboxylic acids is 1. The highest BCUT2D eigenvalue weighted by atomic mass is 19.4. The lowest BCUT2D eigenvalue weighted by atomic mass is 9.95. The number of carbonyl (C=O) groups is 1. The summed E-state index contributed by atoms with van der Waals surface area (Å²) in [6.07, 6.45) is -2.96. The number of nitrogens with zero attached hydrogens (tertiary/aromatic N) is 1. The van der Waals surface area contributed by atoms with E-state index in [1.165, 1.54) is 12.1 Å². The van der Waals surface area contributed by atoms with Crippen molar-refractivity contribution in [3.63, 3.8) is 0 Å². The minimum atomic E-state index is -4.43. The van der Waals surface area contributed by atoms with E-state index in [2.05, 4.69) is 10.2 Å². The Morgan fingerprint density at radius 1 is 1.36 bits per heavy atom. The van der Waals surface area contributed by atoms with Crippen LogP contribution in [0.5, 0.6) is 0 Å². The molecule has 1 fully saturated rings. The first kappa shape index (κ1) is 16.8. The molecule has 0 radical (unpaired) electrons. The normalized spacial score (nSPS) is 20.8. The van der Waals surface area contributed by atoms with Crippen LogP contribution in [0.4, 0.5) is 13.2 Å². The molecule has 1 aliphatic rings. The van der Waals surface area contributed by atoms with Crippen LogP contribution in [-0.2, 0) is 4.79 Å². The highest BCUT2D eigenvalue weighted by Crippen LogP contribution is 2.37. The predicted octanol–water partition coefficient (Wildman–Crippen LogP) is 2.93. The predicted molar refractivity (Wildman–Crippen MR) is 78.5 cm³/mol. The topological polar surface area (TPSA) is 32.3 Å². The standard InChI is InChI=1S/C16H21F3N2O/c1-21-9-5-8-13(21)11-20-15(22)10-14(16(17,18)19)12-6-3-2-4-7-12/h2-4,6-7,13-14H,5,8-11H2,1H3,(H,20,22)/t13-,14-/m1/s1. The highest BCUT2D eigenvalue weighted by Gasteiger charge is 2.41. The molecule has 22 heavy (non-hydrogen) atoms. The number of benzene rings is 1. The molecule has 2 atom stereocenters. The number of likely N-dealkylation sites (tertiary alicyclic amines) is 1. The SMILES string of the molecule is CN1CCC[C@@H]1CNC(=O)C[C@H](c1ccccc1)C(F)(F)F. The van der Waals surface area contributed by atoms with Crippen LogP contribution in [-0.4, -0.2) is 43.2 Å². The molecular weight excluding hydrogens is 293 g/mol. The van der Waals surface area contributed by atoms with Gasteiger partial charge in [0.05, 0.1) is 5.92 Å². The number of alkyl halides is 3. The molecular formula is C16H21F3N2O. The third-order valence-corrected chi connectivity index (χ3v) is 4.19. The molecule has 1 N–H and O–H groups in total. The molecule has 6 heteroatoms. The summed E-state index contributed by atoms with van der Waals surface area (Å²) in [7, 11) is 1.96. The van der Waals surface area contributed by atoms with Crippen molar-refractivity contribution in [3.8, 4) is 0 Å². The molecule has 0 spiro atoms. The number of nitrogens with one attached hydrogen (secondary N) is 1. The molecule has 1 aromatic rings. The van der Waals surface area contributed by atoms with Crippen LogP contribution in [0, 0.1) is 0 Å². The average Bonchev–Trinajstić information content (AvgIpc) is 2.87. The van der Waals surface area contributed by atoms with E-state index < -0.39 is 24.4 Å². The molecule has 1 heterocycles. The van der Waals surface area contributed by atoms with Gasteiger partial charge in [0.1, 0.15) is 0 Å². The Morgan fingerprint density at radius 3 is 2.59 bits per heavy atom. The Balaban J connectivity index is 1.94. The van der Waals surface area contributed by atoms with E-state index in [-0.39, 0.29) is 11.6 Å². The fraction of sp³-hybridized carbons (Fsp3) is 0.562. The maximum absolute atomic E-state index is 13.2. The maximum Gasteiger partial charge on any atom is 0.396 e. The quantitative estimate of drug-likeness (QED) is 0.906. The molecule has 0 aliphatic carbocycles. The lowest BCUT2D eigenvalue weighted by Gasteiger charge is -2.22. The van der Waals surface area contributed by atoms with Gasteiger partial charge in [-0.3, -0.25) is 4.79 Å². The summed E-state index contributed by atoms with van der Waals surface area (Å²) in [5.74, 6) is -2.30. The number of likely N-dealkylation sites (N-methyl/N-ethyl adjacent to an activating group) is 1. The second-order valence-electron chi connectivity index (χ2n) is 5.79. The van der Waals surface area contributed by atoms with Gasteiger partial charge in [0.15, 0.2) is 0 Å². The summed E-state index contributed by atoms with van der Waals surface area (Å²) in [4.78, 5) is 14.0. The van der Waals surface area contributed by atoms with E-state index in [1.807, 2.05) is 7.05 Å². The van der Waals surface area contributed by atoms with Crippen molar-refractivity contribution in [1.29, 1.82) is 0 Å². The van der Waals surface area contributed by atoms with Crippen LogP contribution in [0.15, 0.2) is 30.3 Å². The van der Waals surface area contributed by atoms with E-state index >= 15 is 0 Å². The molecule has 0 bridgehead atoms. The van der Waals surface area contributed by atoms with E-state index in [4.69, 9.17) is 0 Å². The fourth-order valence-corrected chi connectivity index (χ4v) is 2.83. The first-order valence-corrected chi connectivity index (χ1v) is 7.46. The molecule has 1 amide bonds. The molecule has 3 nitrogen and oxygen atoms in total. The zero-order valence-corrected chi connectivity index (χ0v) is 12.6. The Labute approximate surface area is 128 Å². The van der Waals surface area contributed by atoms with E-state index in [0.29, 0.717) is 6.54 Å². The van der Waals surface area contributed by atoms with Gasteiger partial charge in [-0.05, 0) is 32.0 Å². The van der Waals surface area contributed by atoms with Gasteiger partial charge < -0.3 is 10.2 Å². The smallest absolute Gasteiger partial charge is 0.355 e. The first-order valence-electron chi connectivity index (χ1n) is 7.46. The number of rotatable bonds is 5. The molecule has 1 saturated heterocycles. The van der Waals surface area contributed by atoms with Crippen molar-refractivity contribution in [1.82, 2.24) is 10.2 Å². The summed E-state index contributed by atoms with van der Waals surface area (Å²) in [6, 6.07) is 7.82. The molecule has 0 saturated carbocycles. The second kappa shape index (κ2) is 7.13. The third kappa shape index (κ3) is 4.47. The molecule has 0 aromatic heterocycles. The third-order valence-electron chi connectivity index (χ3n) is 4.19. The van der Waals surface area contributed by atoms with Crippen molar-refractivity contribution in [2.24, 2.45) is 0 Å². The van der Waals surface area contributed by atoms with Crippen molar-refractivity contribution in [3.05, 3.63) is 35.9 Å². The number of hydrogen-bond acceptors (Lipinski definition) is 2. The minimum Gasteiger partial charge on any atom is -0.355 e. The van der Waals surface area contributed by atoms with Crippen LogP contribution in [0.2, 0.25) is 0 Å². The Kier molecular flexibility index (Phi) is 5.45. The molecule has 1 aromatic carbocycles. The van der Waals surface area contributed by atoms with Gasteiger partial charge in [0.25, 0.3) is 0 Å². The van der Waals surface area contributed by atoms with E-state index in [0.717, 1.165) is 19.4 Å². The highest BCUT2D eigenvalue weighted by molar-refractivity contribution is 5.77. The summed E-state index contributed by atoms with van der Waals surface area (Å²) in [6.45, 7) is 1.38. The Hall–Kier alpha value is -1.56. The first-order chi connectivity index (χ1) is 10.4. The fourth-order valence-electron chi connectivity index (χ4n) is 2.83. The monoisotopic (exact) mass is 314 g/mol. The van der Waals surface area contributed by atoms with Crippen LogP contribution >= 0.6 is 0 Å². The maximum atomic E-state index is 13.2. The van der Waals surface area contributed by atoms with Crippen LogP contribution in [0.1, 0.15) is 30.7 Å². The molecule has 0 unspecified atom stereocenters. The lowest BCUT2D eigenvalue weighted by Crippen LogP contribution is -2.39.